The number of nitrogens with zero attached hydrogens (tertiary/aromatic N) is 2. The minimum absolute atomic E-state index is 0.0683. The van der Waals surface area contributed by atoms with Gasteiger partial charge in [-0.25, -0.2) is 0 Å². The van der Waals surface area contributed by atoms with E-state index in [0.29, 0.717) is 16.5 Å². The van der Waals surface area contributed by atoms with Gasteiger partial charge in [-0.2, -0.15) is 0 Å². The third-order valence-electron chi connectivity index (χ3n) is 4.95. The Morgan fingerprint density at radius 2 is 1.96 bits per heavy atom. The number of benzene rings is 2. The van der Waals surface area contributed by atoms with Crippen LogP contribution in [0.5, 0.6) is 0 Å². The van der Waals surface area contributed by atoms with E-state index in [9.17, 15) is 4.79 Å². The fourth-order valence-electron chi connectivity index (χ4n) is 3.69. The molecule has 1 aliphatic heterocycles. The molecule has 0 saturated carbocycles. The minimum atomic E-state index is 0.0683. The van der Waals surface area contributed by atoms with E-state index in [4.69, 9.17) is 11.6 Å². The molecular weight excluding hydrogens is 320 g/mol. The number of halogens is 1. The monoisotopic (exact) mass is 338 g/mol. The number of para-hydroxylation sites is 1. The van der Waals surface area contributed by atoms with Crippen molar-refractivity contribution < 1.29 is 4.79 Å². The second-order valence-electron chi connectivity index (χ2n) is 6.43. The molecule has 2 heterocycles. The molecule has 24 heavy (non-hydrogen) atoms. The highest BCUT2D eigenvalue weighted by Crippen LogP contribution is 2.32. The van der Waals surface area contributed by atoms with Crippen LogP contribution in [0.15, 0.2) is 54.6 Å². The van der Waals surface area contributed by atoms with Crippen LogP contribution in [0.3, 0.4) is 0 Å². The van der Waals surface area contributed by atoms with Gasteiger partial charge in [0.2, 0.25) is 0 Å². The second-order valence-corrected chi connectivity index (χ2v) is 6.87. The number of rotatable bonds is 2. The van der Waals surface area contributed by atoms with Crippen LogP contribution >= 0.6 is 11.6 Å². The molecule has 1 atom stereocenters. The first-order valence-electron chi connectivity index (χ1n) is 8.22. The van der Waals surface area contributed by atoms with Crippen molar-refractivity contribution in [2.75, 3.05) is 13.1 Å². The summed E-state index contributed by atoms with van der Waals surface area (Å²) in [5.74, 6) is 0.448. The molecule has 2 aromatic carbocycles. The lowest BCUT2D eigenvalue weighted by atomic mass is 10.0. The third kappa shape index (κ3) is 2.59. The Balaban J connectivity index is 1.57. The zero-order chi connectivity index (χ0) is 16.7. The molecule has 1 fully saturated rings. The van der Waals surface area contributed by atoms with Crippen molar-refractivity contribution in [3.05, 3.63) is 70.9 Å². The molecule has 3 nitrogen and oxygen atoms in total. The van der Waals surface area contributed by atoms with Crippen molar-refractivity contribution in [2.45, 2.75) is 12.3 Å². The Kier molecular flexibility index (Phi) is 3.81. The van der Waals surface area contributed by atoms with Gasteiger partial charge in [-0.15, -0.1) is 0 Å². The highest BCUT2D eigenvalue weighted by molar-refractivity contribution is 6.30. The van der Waals surface area contributed by atoms with E-state index in [2.05, 4.69) is 41.9 Å². The number of fused-ring (bicyclic) bond motifs is 1. The van der Waals surface area contributed by atoms with Crippen LogP contribution in [0.2, 0.25) is 5.02 Å². The summed E-state index contributed by atoms with van der Waals surface area (Å²) in [6.07, 6.45) is 0.996. The van der Waals surface area contributed by atoms with Crippen molar-refractivity contribution in [2.24, 2.45) is 7.05 Å². The van der Waals surface area contributed by atoms with Crippen molar-refractivity contribution in [3.8, 4) is 0 Å². The predicted molar refractivity (Wildman–Crippen MR) is 97.6 cm³/mol. The second kappa shape index (κ2) is 5.99. The van der Waals surface area contributed by atoms with Gasteiger partial charge in [-0.3, -0.25) is 4.79 Å². The van der Waals surface area contributed by atoms with Crippen LogP contribution in [0.4, 0.5) is 0 Å². The predicted octanol–water partition coefficient (Wildman–Crippen LogP) is 4.46. The Bertz CT molecular complexity index is 915. The summed E-state index contributed by atoms with van der Waals surface area (Å²) in [5, 5.41) is 1.86. The molecule has 0 N–H and O–H groups in total. The average Bonchev–Trinajstić information content (AvgIpc) is 3.20. The number of amides is 1. The number of hydrogen-bond acceptors (Lipinski definition) is 1. The Morgan fingerprint density at radius 1 is 1.12 bits per heavy atom. The quantitative estimate of drug-likeness (QED) is 0.677. The summed E-state index contributed by atoms with van der Waals surface area (Å²) in [7, 11) is 2.11. The van der Waals surface area contributed by atoms with E-state index in [1.54, 1.807) is 12.1 Å². The van der Waals surface area contributed by atoms with Crippen LogP contribution in [0.25, 0.3) is 10.9 Å². The molecule has 0 spiro atoms. The minimum Gasteiger partial charge on any atom is -0.347 e. The summed E-state index contributed by atoms with van der Waals surface area (Å²) in [6, 6.07) is 17.9. The van der Waals surface area contributed by atoms with Gasteiger partial charge in [-0.05, 0) is 42.1 Å². The molecule has 1 aliphatic rings. The topological polar surface area (TPSA) is 25.2 Å². The first-order chi connectivity index (χ1) is 11.6. The molecule has 0 radical (unpaired) electrons. The number of carbonyl (C=O) groups is 1. The number of aromatic nitrogens is 1. The van der Waals surface area contributed by atoms with Crippen molar-refractivity contribution in [1.29, 1.82) is 0 Å². The van der Waals surface area contributed by atoms with E-state index >= 15 is 0 Å². The van der Waals surface area contributed by atoms with Crippen LogP contribution in [-0.2, 0) is 7.05 Å². The van der Waals surface area contributed by atoms with E-state index in [0.717, 1.165) is 19.5 Å². The van der Waals surface area contributed by atoms with Gasteiger partial charge >= 0.3 is 0 Å². The SMILES string of the molecule is Cn1c(C2CCN(C(=O)c3cccc(Cl)c3)C2)cc2ccccc21. The van der Waals surface area contributed by atoms with Crippen LogP contribution in [0.1, 0.15) is 28.4 Å². The molecule has 1 aromatic heterocycles. The van der Waals surface area contributed by atoms with Gasteiger partial charge in [0, 0.05) is 47.9 Å². The Hall–Kier alpha value is -2.26. The maximum Gasteiger partial charge on any atom is 0.253 e. The van der Waals surface area contributed by atoms with Crippen LogP contribution in [0, 0.1) is 0 Å². The van der Waals surface area contributed by atoms with Crippen LogP contribution < -0.4 is 0 Å². The van der Waals surface area contributed by atoms with Gasteiger partial charge in [0.25, 0.3) is 5.91 Å². The van der Waals surface area contributed by atoms with Crippen molar-refractivity contribution in [1.82, 2.24) is 9.47 Å². The van der Waals surface area contributed by atoms with Gasteiger partial charge in [0.15, 0.2) is 0 Å². The number of hydrogen-bond donors (Lipinski definition) is 0. The molecule has 1 unspecified atom stereocenters. The molecule has 1 saturated heterocycles. The van der Waals surface area contributed by atoms with Gasteiger partial charge < -0.3 is 9.47 Å². The van der Waals surface area contributed by atoms with Gasteiger partial charge in [-0.1, -0.05) is 35.9 Å². The van der Waals surface area contributed by atoms with E-state index in [1.807, 2.05) is 17.0 Å². The summed E-state index contributed by atoms with van der Waals surface area (Å²) in [4.78, 5) is 14.6. The summed E-state index contributed by atoms with van der Waals surface area (Å²) >= 11 is 6.01. The number of carbonyl (C=O) groups excluding carboxylic acids is 1. The van der Waals surface area contributed by atoms with Gasteiger partial charge in [0.05, 0.1) is 0 Å². The number of aryl methyl sites for hydroxylation is 1. The zero-order valence-corrected chi connectivity index (χ0v) is 14.3. The molecule has 0 bridgehead atoms. The Labute approximate surface area is 146 Å². The first-order valence-corrected chi connectivity index (χ1v) is 8.60. The highest BCUT2D eigenvalue weighted by Gasteiger charge is 2.29. The smallest absolute Gasteiger partial charge is 0.253 e. The highest BCUT2D eigenvalue weighted by atomic mass is 35.5. The summed E-state index contributed by atoms with van der Waals surface area (Å²) < 4.78 is 2.26. The van der Waals surface area contributed by atoms with Crippen molar-refractivity contribution in [3.63, 3.8) is 0 Å². The van der Waals surface area contributed by atoms with E-state index in [-0.39, 0.29) is 5.91 Å². The molecule has 3 aromatic rings. The fraction of sp³-hybridized carbons (Fsp3) is 0.250. The third-order valence-corrected chi connectivity index (χ3v) is 5.19. The van der Waals surface area contributed by atoms with Gasteiger partial charge in [0.1, 0.15) is 0 Å². The molecular formula is C20H19ClN2O. The lowest BCUT2D eigenvalue weighted by Gasteiger charge is -2.17. The van der Waals surface area contributed by atoms with Crippen molar-refractivity contribution >= 4 is 28.4 Å². The lowest BCUT2D eigenvalue weighted by Crippen LogP contribution is -2.28. The normalized spacial score (nSPS) is 17.6. The lowest BCUT2D eigenvalue weighted by molar-refractivity contribution is 0.0790. The van der Waals surface area contributed by atoms with Crippen LogP contribution in [-0.4, -0.2) is 28.5 Å². The summed E-state index contributed by atoms with van der Waals surface area (Å²) in [5.41, 5.74) is 3.21. The number of likely N-dealkylation sites (tertiary alicyclic amines) is 1. The first kappa shape index (κ1) is 15.3. The maximum absolute atomic E-state index is 12.7. The zero-order valence-electron chi connectivity index (χ0n) is 13.6. The van der Waals surface area contributed by atoms with E-state index in [1.165, 1.54) is 16.6 Å². The maximum atomic E-state index is 12.7. The standard InChI is InChI=1S/C20H19ClN2O/c1-22-18-8-3-2-5-14(18)12-19(22)16-9-10-23(13-16)20(24)15-6-4-7-17(21)11-15/h2-8,11-12,16H,9-10,13H2,1H3. The largest absolute Gasteiger partial charge is 0.347 e. The Morgan fingerprint density at radius 3 is 2.75 bits per heavy atom. The summed E-state index contributed by atoms with van der Waals surface area (Å²) in [6.45, 7) is 1.55. The van der Waals surface area contributed by atoms with E-state index < -0.39 is 0 Å². The average molecular weight is 339 g/mol. The molecule has 4 rings (SSSR count). The molecule has 4 heteroatoms. The fourth-order valence-corrected chi connectivity index (χ4v) is 3.88. The molecule has 122 valence electrons. The molecule has 1 amide bonds. The molecule has 0 aliphatic carbocycles.